The molecule has 0 aromatic heterocycles. The molecule has 0 spiro atoms. The SMILES string of the molecule is Oc1cccc2c(NC3CSc4ccccc43)cccc12. The molecule has 4 rings (SSSR count). The highest BCUT2D eigenvalue weighted by molar-refractivity contribution is 7.99. The van der Waals surface area contributed by atoms with E-state index < -0.39 is 0 Å². The summed E-state index contributed by atoms with van der Waals surface area (Å²) in [4.78, 5) is 1.36. The number of rotatable bonds is 2. The van der Waals surface area contributed by atoms with Gasteiger partial charge in [0.2, 0.25) is 0 Å². The lowest BCUT2D eigenvalue weighted by molar-refractivity contribution is 0.481. The van der Waals surface area contributed by atoms with Crippen LogP contribution in [-0.2, 0) is 0 Å². The third-order valence-corrected chi connectivity index (χ3v) is 5.11. The number of hydrogen-bond acceptors (Lipinski definition) is 3. The highest BCUT2D eigenvalue weighted by Crippen LogP contribution is 2.41. The summed E-state index contributed by atoms with van der Waals surface area (Å²) in [5.41, 5.74) is 2.44. The second kappa shape index (κ2) is 5.01. The minimum absolute atomic E-state index is 0.319. The van der Waals surface area contributed by atoms with Gasteiger partial charge in [-0.25, -0.2) is 0 Å². The van der Waals surface area contributed by atoms with E-state index in [9.17, 15) is 5.11 Å². The van der Waals surface area contributed by atoms with Crippen molar-refractivity contribution in [2.75, 3.05) is 11.1 Å². The number of phenols is 1. The van der Waals surface area contributed by atoms with Gasteiger partial charge in [0.1, 0.15) is 5.75 Å². The van der Waals surface area contributed by atoms with Gasteiger partial charge in [-0.3, -0.25) is 0 Å². The Bertz CT molecular complexity index is 815. The first-order chi connectivity index (χ1) is 10.3. The van der Waals surface area contributed by atoms with Crippen LogP contribution in [0, 0.1) is 0 Å². The number of nitrogens with one attached hydrogen (secondary N) is 1. The van der Waals surface area contributed by atoms with E-state index in [2.05, 4.69) is 35.6 Å². The van der Waals surface area contributed by atoms with Crippen LogP contribution in [-0.4, -0.2) is 10.9 Å². The minimum atomic E-state index is 0.319. The van der Waals surface area contributed by atoms with Gasteiger partial charge in [0.05, 0.1) is 6.04 Å². The van der Waals surface area contributed by atoms with E-state index >= 15 is 0 Å². The predicted molar refractivity (Wildman–Crippen MR) is 89.1 cm³/mol. The fraction of sp³-hybridized carbons (Fsp3) is 0.111. The fourth-order valence-corrected chi connectivity index (χ4v) is 4.05. The Balaban J connectivity index is 1.75. The largest absolute Gasteiger partial charge is 0.507 e. The number of phenolic OH excluding ortho intramolecular Hbond substituents is 1. The maximum Gasteiger partial charge on any atom is 0.123 e. The highest BCUT2D eigenvalue weighted by atomic mass is 32.2. The second-order valence-electron chi connectivity index (χ2n) is 5.22. The molecule has 0 saturated heterocycles. The van der Waals surface area contributed by atoms with Gasteiger partial charge in [-0.2, -0.15) is 0 Å². The molecule has 2 nitrogen and oxygen atoms in total. The maximum absolute atomic E-state index is 9.98. The topological polar surface area (TPSA) is 32.3 Å². The maximum atomic E-state index is 9.98. The number of benzene rings is 3. The van der Waals surface area contributed by atoms with Crippen molar-refractivity contribution in [3.63, 3.8) is 0 Å². The van der Waals surface area contributed by atoms with Crippen molar-refractivity contribution in [3.8, 4) is 5.75 Å². The monoisotopic (exact) mass is 293 g/mol. The Labute approximate surface area is 127 Å². The van der Waals surface area contributed by atoms with Crippen molar-refractivity contribution >= 4 is 28.2 Å². The first kappa shape index (κ1) is 12.6. The van der Waals surface area contributed by atoms with E-state index in [0.29, 0.717) is 11.8 Å². The van der Waals surface area contributed by atoms with Crippen LogP contribution in [0.3, 0.4) is 0 Å². The standard InChI is InChI=1S/C18H15NOS/c20-17-9-4-6-12-13(17)7-3-8-15(12)19-16-11-21-18-10-2-1-5-14(16)18/h1-10,16,19-20H,11H2. The molecule has 3 heteroatoms. The van der Waals surface area contributed by atoms with Crippen LogP contribution in [0.25, 0.3) is 10.8 Å². The predicted octanol–water partition coefficient (Wildman–Crippen LogP) is 4.80. The zero-order chi connectivity index (χ0) is 14.2. The molecule has 1 aliphatic rings. The van der Waals surface area contributed by atoms with Crippen LogP contribution in [0.2, 0.25) is 0 Å². The smallest absolute Gasteiger partial charge is 0.123 e. The molecule has 1 heterocycles. The molecule has 0 aliphatic carbocycles. The summed E-state index contributed by atoms with van der Waals surface area (Å²) in [7, 11) is 0. The quantitative estimate of drug-likeness (QED) is 0.711. The lowest BCUT2D eigenvalue weighted by Crippen LogP contribution is -2.09. The van der Waals surface area contributed by atoms with Crippen molar-refractivity contribution in [2.45, 2.75) is 10.9 Å². The van der Waals surface area contributed by atoms with Crippen LogP contribution in [0.5, 0.6) is 5.75 Å². The Morgan fingerprint density at radius 1 is 0.905 bits per heavy atom. The molecule has 0 fully saturated rings. The van der Waals surface area contributed by atoms with Gasteiger partial charge in [0.25, 0.3) is 0 Å². The second-order valence-corrected chi connectivity index (χ2v) is 6.29. The number of hydrogen-bond donors (Lipinski definition) is 2. The Morgan fingerprint density at radius 2 is 1.71 bits per heavy atom. The summed E-state index contributed by atoms with van der Waals surface area (Å²) >= 11 is 1.89. The molecular formula is C18H15NOS. The molecule has 104 valence electrons. The number of thioether (sulfide) groups is 1. The van der Waals surface area contributed by atoms with E-state index in [1.54, 1.807) is 6.07 Å². The molecule has 0 saturated carbocycles. The first-order valence-corrected chi connectivity index (χ1v) is 8.00. The Kier molecular flexibility index (Phi) is 3.00. The number of anilines is 1. The van der Waals surface area contributed by atoms with Gasteiger partial charge in [-0.15, -0.1) is 11.8 Å². The Morgan fingerprint density at radius 3 is 2.67 bits per heavy atom. The van der Waals surface area contributed by atoms with Gasteiger partial charge in [0.15, 0.2) is 0 Å². The van der Waals surface area contributed by atoms with Gasteiger partial charge in [-0.05, 0) is 23.8 Å². The normalized spacial score (nSPS) is 16.9. The van der Waals surface area contributed by atoms with Crippen LogP contribution in [0.4, 0.5) is 5.69 Å². The molecule has 3 aromatic rings. The summed E-state index contributed by atoms with van der Waals surface area (Å²) in [6.45, 7) is 0. The fourth-order valence-electron chi connectivity index (χ4n) is 2.89. The third kappa shape index (κ3) is 2.14. The molecule has 1 aliphatic heterocycles. The van der Waals surface area contributed by atoms with Crippen LogP contribution < -0.4 is 5.32 Å². The summed E-state index contributed by atoms with van der Waals surface area (Å²) in [5.74, 6) is 1.37. The van der Waals surface area contributed by atoms with Crippen molar-refractivity contribution in [3.05, 3.63) is 66.2 Å². The van der Waals surface area contributed by atoms with Gasteiger partial charge < -0.3 is 10.4 Å². The Hall–Kier alpha value is -2.13. The zero-order valence-corrected chi connectivity index (χ0v) is 12.2. The number of aromatic hydroxyl groups is 1. The van der Waals surface area contributed by atoms with Gasteiger partial charge >= 0.3 is 0 Å². The van der Waals surface area contributed by atoms with Crippen LogP contribution in [0.1, 0.15) is 11.6 Å². The van der Waals surface area contributed by atoms with Crippen molar-refractivity contribution in [1.29, 1.82) is 0 Å². The molecule has 0 amide bonds. The number of fused-ring (bicyclic) bond motifs is 2. The zero-order valence-electron chi connectivity index (χ0n) is 11.4. The van der Waals surface area contributed by atoms with E-state index in [1.165, 1.54) is 10.5 Å². The van der Waals surface area contributed by atoms with Crippen molar-refractivity contribution in [2.24, 2.45) is 0 Å². The minimum Gasteiger partial charge on any atom is -0.507 e. The third-order valence-electron chi connectivity index (χ3n) is 3.93. The highest BCUT2D eigenvalue weighted by Gasteiger charge is 2.22. The lowest BCUT2D eigenvalue weighted by Gasteiger charge is -2.17. The lowest BCUT2D eigenvalue weighted by atomic mass is 10.1. The molecule has 3 aromatic carbocycles. The molecule has 0 radical (unpaired) electrons. The molecule has 1 atom stereocenters. The van der Waals surface area contributed by atoms with Crippen molar-refractivity contribution < 1.29 is 5.11 Å². The average molecular weight is 293 g/mol. The van der Waals surface area contributed by atoms with E-state index in [4.69, 9.17) is 0 Å². The van der Waals surface area contributed by atoms with Crippen LogP contribution >= 0.6 is 11.8 Å². The average Bonchev–Trinajstić information content (AvgIpc) is 2.92. The van der Waals surface area contributed by atoms with Gasteiger partial charge in [0, 0.05) is 27.1 Å². The first-order valence-electron chi connectivity index (χ1n) is 7.02. The van der Waals surface area contributed by atoms with E-state index in [0.717, 1.165) is 22.2 Å². The molecule has 2 N–H and O–H groups in total. The summed E-state index contributed by atoms with van der Waals surface area (Å²) < 4.78 is 0. The molecule has 0 bridgehead atoms. The van der Waals surface area contributed by atoms with E-state index in [1.807, 2.05) is 36.0 Å². The molecular weight excluding hydrogens is 278 g/mol. The summed E-state index contributed by atoms with van der Waals surface area (Å²) in [6, 6.07) is 20.5. The summed E-state index contributed by atoms with van der Waals surface area (Å²) in [5, 5.41) is 15.6. The van der Waals surface area contributed by atoms with Gasteiger partial charge in [-0.1, -0.05) is 42.5 Å². The molecule has 21 heavy (non-hydrogen) atoms. The molecule has 1 unspecified atom stereocenters. The van der Waals surface area contributed by atoms with Crippen LogP contribution in [0.15, 0.2) is 65.6 Å². The summed E-state index contributed by atoms with van der Waals surface area (Å²) in [6.07, 6.45) is 0. The van der Waals surface area contributed by atoms with Crippen molar-refractivity contribution in [1.82, 2.24) is 0 Å². The van der Waals surface area contributed by atoms with E-state index in [-0.39, 0.29) is 0 Å².